The number of carbonyl (C=O) groups excluding carboxylic acids is 1. The first kappa shape index (κ1) is 17.4. The molecule has 1 aromatic heterocycles. The van der Waals surface area contributed by atoms with Crippen LogP contribution in [0.4, 0.5) is 5.88 Å². The summed E-state index contributed by atoms with van der Waals surface area (Å²) in [5.74, 6) is 0.392. The monoisotopic (exact) mass is 335 g/mol. The summed E-state index contributed by atoms with van der Waals surface area (Å²) >= 11 is 0. The first-order valence-electron chi connectivity index (χ1n) is 8.86. The van der Waals surface area contributed by atoms with Crippen molar-refractivity contribution in [2.75, 3.05) is 51.1 Å². The summed E-state index contributed by atoms with van der Waals surface area (Å²) in [4.78, 5) is 17.0. The molecule has 1 unspecified atom stereocenters. The molecule has 1 amide bonds. The van der Waals surface area contributed by atoms with Gasteiger partial charge in [-0.2, -0.15) is 0 Å². The molecular weight excluding hydrogens is 306 g/mol. The number of anilines is 1. The van der Waals surface area contributed by atoms with Gasteiger partial charge in [0.15, 0.2) is 0 Å². The van der Waals surface area contributed by atoms with Gasteiger partial charge in [0.2, 0.25) is 11.8 Å². The lowest BCUT2D eigenvalue weighted by Crippen LogP contribution is -2.52. The maximum atomic E-state index is 12.2. The van der Waals surface area contributed by atoms with Crippen LogP contribution < -0.4 is 10.6 Å². The molecule has 2 N–H and O–H groups in total. The fourth-order valence-electron chi connectivity index (χ4n) is 3.31. The van der Waals surface area contributed by atoms with Gasteiger partial charge in [-0.15, -0.1) is 0 Å². The van der Waals surface area contributed by atoms with Gasteiger partial charge in [0.25, 0.3) is 0 Å². The molecule has 2 aliphatic rings. The SMILES string of the molecule is CC(C)(C)c1cc(NC(=O)CN2CCN(C3CCNC3)CC2)on1. The van der Waals surface area contributed by atoms with Gasteiger partial charge >= 0.3 is 0 Å². The van der Waals surface area contributed by atoms with E-state index < -0.39 is 0 Å². The molecule has 2 saturated heterocycles. The van der Waals surface area contributed by atoms with Crippen molar-refractivity contribution >= 4 is 11.8 Å². The van der Waals surface area contributed by atoms with Gasteiger partial charge in [0.05, 0.1) is 12.2 Å². The molecule has 0 spiro atoms. The predicted molar refractivity (Wildman–Crippen MR) is 93.1 cm³/mol. The Kier molecular flexibility index (Phi) is 5.22. The fraction of sp³-hybridized carbons (Fsp3) is 0.765. The van der Waals surface area contributed by atoms with E-state index in [1.165, 1.54) is 6.42 Å². The first-order valence-corrected chi connectivity index (χ1v) is 8.86. The van der Waals surface area contributed by atoms with Crippen LogP contribution in [0.25, 0.3) is 0 Å². The molecule has 0 aromatic carbocycles. The minimum atomic E-state index is -0.0854. The smallest absolute Gasteiger partial charge is 0.240 e. The summed E-state index contributed by atoms with van der Waals surface area (Å²) in [5, 5.41) is 10.3. The van der Waals surface area contributed by atoms with Crippen molar-refractivity contribution in [2.45, 2.75) is 38.6 Å². The van der Waals surface area contributed by atoms with Crippen molar-refractivity contribution < 1.29 is 9.32 Å². The fourth-order valence-corrected chi connectivity index (χ4v) is 3.31. The topological polar surface area (TPSA) is 73.6 Å². The van der Waals surface area contributed by atoms with Crippen molar-refractivity contribution in [3.8, 4) is 0 Å². The third kappa shape index (κ3) is 4.34. The van der Waals surface area contributed by atoms with E-state index in [1.54, 1.807) is 0 Å². The largest absolute Gasteiger partial charge is 0.338 e. The summed E-state index contributed by atoms with van der Waals surface area (Å²) in [5.41, 5.74) is 0.759. The standard InChI is InChI=1S/C17H29N5O2/c1-17(2,3)14-10-16(24-20-14)19-15(23)12-21-6-8-22(9-7-21)13-4-5-18-11-13/h10,13,18H,4-9,11-12H2,1-3H3,(H,19,23). The number of hydrogen-bond acceptors (Lipinski definition) is 6. The average molecular weight is 335 g/mol. The van der Waals surface area contributed by atoms with Crippen LogP contribution in [0, 0.1) is 0 Å². The molecular formula is C17H29N5O2. The zero-order chi connectivity index (χ0) is 17.2. The molecule has 2 aliphatic heterocycles. The second kappa shape index (κ2) is 7.21. The molecule has 3 rings (SSSR count). The molecule has 134 valence electrons. The van der Waals surface area contributed by atoms with Gasteiger partial charge in [-0.3, -0.25) is 19.9 Å². The van der Waals surface area contributed by atoms with Crippen LogP contribution in [0.2, 0.25) is 0 Å². The van der Waals surface area contributed by atoms with Crippen molar-refractivity contribution in [3.63, 3.8) is 0 Å². The molecule has 7 nitrogen and oxygen atoms in total. The summed E-state index contributed by atoms with van der Waals surface area (Å²) in [6.45, 7) is 12.8. The van der Waals surface area contributed by atoms with Crippen LogP contribution >= 0.6 is 0 Å². The highest BCUT2D eigenvalue weighted by molar-refractivity contribution is 5.91. The summed E-state index contributed by atoms with van der Waals surface area (Å²) in [6.07, 6.45) is 1.24. The minimum Gasteiger partial charge on any atom is -0.338 e. The van der Waals surface area contributed by atoms with E-state index in [2.05, 4.69) is 46.4 Å². The van der Waals surface area contributed by atoms with Crippen LogP contribution in [0.3, 0.4) is 0 Å². The lowest BCUT2D eigenvalue weighted by atomic mass is 9.92. The van der Waals surface area contributed by atoms with E-state index in [-0.39, 0.29) is 11.3 Å². The molecule has 7 heteroatoms. The Morgan fingerprint density at radius 3 is 2.71 bits per heavy atom. The van der Waals surface area contributed by atoms with Crippen LogP contribution in [0.1, 0.15) is 32.9 Å². The average Bonchev–Trinajstić information content (AvgIpc) is 3.18. The van der Waals surface area contributed by atoms with Gasteiger partial charge in [-0.05, 0) is 13.0 Å². The highest BCUT2D eigenvalue weighted by Gasteiger charge is 2.27. The Morgan fingerprint density at radius 2 is 2.12 bits per heavy atom. The molecule has 24 heavy (non-hydrogen) atoms. The maximum absolute atomic E-state index is 12.2. The molecule has 3 heterocycles. The van der Waals surface area contributed by atoms with Gasteiger partial charge < -0.3 is 9.84 Å². The van der Waals surface area contributed by atoms with E-state index in [0.29, 0.717) is 18.5 Å². The van der Waals surface area contributed by atoms with E-state index in [9.17, 15) is 4.79 Å². The molecule has 0 aliphatic carbocycles. The number of amides is 1. The number of piperazine rings is 1. The Morgan fingerprint density at radius 1 is 1.38 bits per heavy atom. The van der Waals surface area contributed by atoms with Crippen molar-refractivity contribution in [3.05, 3.63) is 11.8 Å². The summed E-state index contributed by atoms with van der Waals surface area (Å²) in [6, 6.07) is 2.48. The number of nitrogens with zero attached hydrogens (tertiary/aromatic N) is 3. The molecule has 1 atom stereocenters. The number of nitrogens with one attached hydrogen (secondary N) is 2. The molecule has 0 bridgehead atoms. The zero-order valence-corrected chi connectivity index (χ0v) is 15.0. The third-order valence-corrected chi connectivity index (χ3v) is 4.87. The molecule has 1 aromatic rings. The van der Waals surface area contributed by atoms with Crippen LogP contribution in [0.5, 0.6) is 0 Å². The van der Waals surface area contributed by atoms with Crippen LogP contribution in [0.15, 0.2) is 10.6 Å². The second-order valence-corrected chi connectivity index (χ2v) is 7.83. The highest BCUT2D eigenvalue weighted by Crippen LogP contribution is 2.23. The van der Waals surface area contributed by atoms with Gasteiger partial charge in [0, 0.05) is 50.2 Å². The van der Waals surface area contributed by atoms with E-state index in [0.717, 1.165) is 45.0 Å². The predicted octanol–water partition coefficient (Wildman–Crippen LogP) is 0.890. The minimum absolute atomic E-state index is 0.0393. The van der Waals surface area contributed by atoms with E-state index in [4.69, 9.17) is 4.52 Å². The zero-order valence-electron chi connectivity index (χ0n) is 15.0. The maximum Gasteiger partial charge on any atom is 0.240 e. The van der Waals surface area contributed by atoms with Crippen molar-refractivity contribution in [1.82, 2.24) is 20.3 Å². The summed E-state index contributed by atoms with van der Waals surface area (Å²) < 4.78 is 5.22. The van der Waals surface area contributed by atoms with Crippen molar-refractivity contribution in [2.24, 2.45) is 0 Å². The number of aromatic nitrogens is 1. The lowest BCUT2D eigenvalue weighted by molar-refractivity contribution is -0.117. The molecule has 0 saturated carbocycles. The van der Waals surface area contributed by atoms with Gasteiger partial charge in [-0.1, -0.05) is 25.9 Å². The quantitative estimate of drug-likeness (QED) is 0.851. The Bertz CT molecular complexity index is 552. The molecule has 0 radical (unpaired) electrons. The number of rotatable bonds is 4. The third-order valence-electron chi connectivity index (χ3n) is 4.87. The second-order valence-electron chi connectivity index (χ2n) is 7.83. The first-order chi connectivity index (χ1) is 11.4. The number of carbonyl (C=O) groups is 1. The Hall–Kier alpha value is -1.44. The van der Waals surface area contributed by atoms with Crippen LogP contribution in [-0.2, 0) is 10.2 Å². The van der Waals surface area contributed by atoms with Crippen molar-refractivity contribution in [1.29, 1.82) is 0 Å². The number of hydrogen-bond donors (Lipinski definition) is 2. The normalized spacial score (nSPS) is 23.5. The molecule has 2 fully saturated rings. The van der Waals surface area contributed by atoms with E-state index >= 15 is 0 Å². The van der Waals surface area contributed by atoms with E-state index in [1.807, 2.05) is 6.07 Å². The van der Waals surface area contributed by atoms with Gasteiger partial charge in [-0.25, -0.2) is 0 Å². The highest BCUT2D eigenvalue weighted by atomic mass is 16.5. The van der Waals surface area contributed by atoms with Crippen LogP contribution in [-0.4, -0.2) is 72.7 Å². The Labute approximate surface area is 143 Å². The lowest BCUT2D eigenvalue weighted by Gasteiger charge is -2.37. The Balaban J connectivity index is 1.43. The summed E-state index contributed by atoms with van der Waals surface area (Å²) in [7, 11) is 0. The van der Waals surface area contributed by atoms with Gasteiger partial charge in [0.1, 0.15) is 0 Å².